The molecule has 0 radical (unpaired) electrons. The number of thioether (sulfide) groups is 1. The molecular formula is C23H13BrCl3NO3S. The third-order valence-corrected chi connectivity index (χ3v) is 6.85. The monoisotopic (exact) mass is 567 g/mol. The number of hydrogen-bond donors (Lipinski definition) is 0. The number of benzene rings is 3. The smallest absolute Gasteiger partial charge is 0.298 e. The maximum atomic E-state index is 12.9. The van der Waals surface area contributed by atoms with E-state index >= 15 is 0 Å². The van der Waals surface area contributed by atoms with Gasteiger partial charge in [0, 0.05) is 15.6 Å². The van der Waals surface area contributed by atoms with Crippen LogP contribution in [0.4, 0.5) is 10.5 Å². The van der Waals surface area contributed by atoms with E-state index in [2.05, 4.69) is 15.9 Å². The highest BCUT2D eigenvalue weighted by Gasteiger charge is 2.36. The van der Waals surface area contributed by atoms with Crippen LogP contribution in [0.25, 0.3) is 6.08 Å². The first-order chi connectivity index (χ1) is 15.3. The van der Waals surface area contributed by atoms with E-state index < -0.39 is 11.1 Å². The average Bonchev–Trinajstić information content (AvgIpc) is 3.01. The molecule has 32 heavy (non-hydrogen) atoms. The Hall–Kier alpha value is -1.96. The molecule has 0 aliphatic carbocycles. The molecule has 9 heteroatoms. The first-order valence-corrected chi connectivity index (χ1v) is 12.0. The first kappa shape index (κ1) is 23.2. The highest BCUT2D eigenvalue weighted by Crippen LogP contribution is 2.39. The fraction of sp³-hybridized carbons (Fsp3) is 0.0435. The minimum atomic E-state index is -0.423. The van der Waals surface area contributed by atoms with Crippen molar-refractivity contribution >= 4 is 85.4 Å². The molecule has 1 heterocycles. The minimum Gasteiger partial charge on any atom is -0.486 e. The highest BCUT2D eigenvalue weighted by molar-refractivity contribution is 9.10. The number of ether oxygens (including phenoxy) is 1. The molecule has 0 saturated carbocycles. The van der Waals surface area contributed by atoms with Gasteiger partial charge in [0.05, 0.1) is 20.1 Å². The molecule has 1 aliphatic rings. The fourth-order valence-corrected chi connectivity index (χ4v) is 5.23. The molecule has 0 aromatic heterocycles. The molecule has 3 aromatic rings. The Kier molecular flexibility index (Phi) is 7.17. The zero-order valence-electron chi connectivity index (χ0n) is 16.2. The Balaban J connectivity index is 1.56. The summed E-state index contributed by atoms with van der Waals surface area (Å²) in [6.45, 7) is 0.246. The molecule has 1 saturated heterocycles. The lowest BCUT2D eigenvalue weighted by atomic mass is 10.2. The number of imide groups is 1. The van der Waals surface area contributed by atoms with E-state index in [0.717, 1.165) is 22.2 Å². The van der Waals surface area contributed by atoms with Crippen LogP contribution in [0.2, 0.25) is 15.1 Å². The SMILES string of the molecule is O=C1S/C(=C/c2cc(Cl)c(OCc3ccccc3Cl)c(Br)c2)C(=O)N1c1cccc(Cl)c1. The van der Waals surface area contributed by atoms with Crippen molar-refractivity contribution in [2.75, 3.05) is 4.90 Å². The van der Waals surface area contributed by atoms with Crippen LogP contribution >= 0.6 is 62.5 Å². The van der Waals surface area contributed by atoms with Crippen LogP contribution in [-0.2, 0) is 11.4 Å². The Morgan fingerprint density at radius 1 is 0.969 bits per heavy atom. The second-order valence-corrected chi connectivity index (χ2v) is 9.79. The van der Waals surface area contributed by atoms with Crippen molar-refractivity contribution in [2.24, 2.45) is 0 Å². The molecular weight excluding hydrogens is 557 g/mol. The Labute approximate surface area is 212 Å². The molecule has 0 atom stereocenters. The molecule has 4 rings (SSSR count). The van der Waals surface area contributed by atoms with Crippen LogP contribution in [0.1, 0.15) is 11.1 Å². The largest absolute Gasteiger partial charge is 0.486 e. The number of hydrogen-bond acceptors (Lipinski definition) is 4. The van der Waals surface area contributed by atoms with Gasteiger partial charge in [-0.15, -0.1) is 0 Å². The van der Waals surface area contributed by atoms with Gasteiger partial charge in [0.2, 0.25) is 0 Å². The van der Waals surface area contributed by atoms with Crippen LogP contribution in [0.3, 0.4) is 0 Å². The normalized spacial score (nSPS) is 15.0. The Bertz CT molecular complexity index is 1240. The van der Waals surface area contributed by atoms with Crippen molar-refractivity contribution in [3.8, 4) is 5.75 Å². The topological polar surface area (TPSA) is 46.6 Å². The van der Waals surface area contributed by atoms with Crippen molar-refractivity contribution in [1.82, 2.24) is 0 Å². The van der Waals surface area contributed by atoms with E-state index in [1.165, 1.54) is 0 Å². The highest BCUT2D eigenvalue weighted by atomic mass is 79.9. The Morgan fingerprint density at radius 3 is 2.47 bits per heavy atom. The summed E-state index contributed by atoms with van der Waals surface area (Å²) in [7, 11) is 0. The van der Waals surface area contributed by atoms with E-state index in [9.17, 15) is 9.59 Å². The number of amides is 2. The van der Waals surface area contributed by atoms with Crippen LogP contribution in [0.5, 0.6) is 5.75 Å². The van der Waals surface area contributed by atoms with Crippen molar-refractivity contribution in [3.05, 3.63) is 96.2 Å². The number of carbonyl (C=O) groups is 2. The van der Waals surface area contributed by atoms with E-state index in [0.29, 0.717) is 36.5 Å². The minimum absolute atomic E-state index is 0.246. The molecule has 3 aromatic carbocycles. The van der Waals surface area contributed by atoms with Gasteiger partial charge >= 0.3 is 0 Å². The van der Waals surface area contributed by atoms with Gasteiger partial charge in [0.1, 0.15) is 6.61 Å². The van der Waals surface area contributed by atoms with Crippen LogP contribution in [-0.4, -0.2) is 11.1 Å². The van der Waals surface area contributed by atoms with Crippen LogP contribution in [0.15, 0.2) is 70.0 Å². The van der Waals surface area contributed by atoms with Gasteiger partial charge < -0.3 is 4.74 Å². The number of carbonyl (C=O) groups excluding carboxylic acids is 2. The molecule has 162 valence electrons. The van der Waals surface area contributed by atoms with Gasteiger partial charge in [-0.2, -0.15) is 0 Å². The maximum Gasteiger partial charge on any atom is 0.298 e. The van der Waals surface area contributed by atoms with Crippen molar-refractivity contribution in [1.29, 1.82) is 0 Å². The lowest BCUT2D eigenvalue weighted by Crippen LogP contribution is -2.27. The van der Waals surface area contributed by atoms with E-state index in [4.69, 9.17) is 39.5 Å². The first-order valence-electron chi connectivity index (χ1n) is 9.22. The molecule has 2 amide bonds. The lowest BCUT2D eigenvalue weighted by molar-refractivity contribution is -0.113. The molecule has 1 fully saturated rings. The average molecular weight is 570 g/mol. The summed E-state index contributed by atoms with van der Waals surface area (Å²) in [4.78, 5) is 26.7. The third kappa shape index (κ3) is 5.00. The van der Waals surface area contributed by atoms with Crippen LogP contribution in [0, 0.1) is 0 Å². The Morgan fingerprint density at radius 2 is 1.75 bits per heavy atom. The number of anilines is 1. The zero-order chi connectivity index (χ0) is 22.8. The van der Waals surface area contributed by atoms with E-state index in [1.807, 2.05) is 18.2 Å². The number of halogens is 4. The fourth-order valence-electron chi connectivity index (χ4n) is 3.02. The summed E-state index contributed by atoms with van der Waals surface area (Å²) < 4.78 is 6.46. The molecule has 1 aliphatic heterocycles. The van der Waals surface area contributed by atoms with E-state index in [-0.39, 0.29) is 11.5 Å². The van der Waals surface area contributed by atoms with Crippen molar-refractivity contribution in [3.63, 3.8) is 0 Å². The second kappa shape index (κ2) is 9.89. The maximum absolute atomic E-state index is 12.9. The summed E-state index contributed by atoms with van der Waals surface area (Å²) in [5, 5.41) is 1.00. The number of rotatable bonds is 5. The quantitative estimate of drug-likeness (QED) is 0.291. The zero-order valence-corrected chi connectivity index (χ0v) is 20.8. The van der Waals surface area contributed by atoms with Gasteiger partial charge in [-0.25, -0.2) is 4.90 Å². The summed E-state index contributed by atoms with van der Waals surface area (Å²) in [5.41, 5.74) is 1.89. The van der Waals surface area contributed by atoms with Crippen LogP contribution < -0.4 is 9.64 Å². The number of nitrogens with zero attached hydrogens (tertiary/aromatic N) is 1. The summed E-state index contributed by atoms with van der Waals surface area (Å²) in [5.74, 6) is 0.0318. The summed E-state index contributed by atoms with van der Waals surface area (Å²) >= 11 is 22.9. The van der Waals surface area contributed by atoms with Gasteiger partial charge in [-0.05, 0) is 75.7 Å². The molecule has 0 N–H and O–H groups in total. The third-order valence-electron chi connectivity index (χ3n) is 4.51. The standard InChI is InChI=1S/C23H13BrCl3NO3S/c24-17-8-13(9-19(27)21(17)31-12-14-4-1-2-7-18(14)26)10-20-22(29)28(23(30)32-20)16-6-3-5-15(25)11-16/h1-11H,12H2/b20-10+. The summed E-state index contributed by atoms with van der Waals surface area (Å²) in [6.07, 6.45) is 1.62. The predicted molar refractivity (Wildman–Crippen MR) is 135 cm³/mol. The second-order valence-electron chi connectivity index (χ2n) is 6.69. The molecule has 4 nitrogen and oxygen atoms in total. The van der Waals surface area contributed by atoms with Gasteiger partial charge in [-0.3, -0.25) is 9.59 Å². The lowest BCUT2D eigenvalue weighted by Gasteiger charge is -2.13. The van der Waals surface area contributed by atoms with E-state index in [1.54, 1.807) is 48.5 Å². The van der Waals surface area contributed by atoms with Gasteiger partial charge in [-0.1, -0.05) is 59.1 Å². The predicted octanol–water partition coefficient (Wildman–Crippen LogP) is 8.23. The summed E-state index contributed by atoms with van der Waals surface area (Å²) in [6, 6.07) is 17.4. The molecule has 0 unspecified atom stereocenters. The van der Waals surface area contributed by atoms with Gasteiger partial charge in [0.15, 0.2) is 5.75 Å². The van der Waals surface area contributed by atoms with Crippen molar-refractivity contribution < 1.29 is 14.3 Å². The molecule has 0 bridgehead atoms. The molecule has 0 spiro atoms. The van der Waals surface area contributed by atoms with Crippen molar-refractivity contribution in [2.45, 2.75) is 6.61 Å². The van der Waals surface area contributed by atoms with Gasteiger partial charge in [0.25, 0.3) is 11.1 Å².